The van der Waals surface area contributed by atoms with Crippen molar-refractivity contribution in [2.75, 3.05) is 19.8 Å². The fourth-order valence-electron chi connectivity index (χ4n) is 3.31. The number of rotatable bonds is 5. The van der Waals surface area contributed by atoms with Crippen molar-refractivity contribution in [1.82, 2.24) is 20.3 Å². The maximum absolute atomic E-state index is 12.7. The van der Waals surface area contributed by atoms with Crippen LogP contribution in [0.4, 0.5) is 0 Å². The third-order valence-electron chi connectivity index (χ3n) is 5.18. The van der Waals surface area contributed by atoms with Gasteiger partial charge in [0.15, 0.2) is 17.2 Å². The van der Waals surface area contributed by atoms with Crippen molar-refractivity contribution >= 4 is 5.91 Å². The molecule has 1 aromatic carbocycles. The van der Waals surface area contributed by atoms with Gasteiger partial charge < -0.3 is 20.5 Å². The van der Waals surface area contributed by atoms with Gasteiger partial charge in [0, 0.05) is 12.6 Å². The second-order valence-corrected chi connectivity index (χ2v) is 7.11. The van der Waals surface area contributed by atoms with Crippen LogP contribution in [0.2, 0.25) is 0 Å². The standard InChI is InChI=1S/C18H23N5O3/c1-11-16(17(24)20-18(2,10-19)12-3-4-12)21-22-23(11)13-5-6-14-15(9-13)26-8-7-25-14/h5-6,9,12H,3-4,7-8,10,19H2,1-2H3,(H,20,24). The first kappa shape index (κ1) is 16.8. The van der Waals surface area contributed by atoms with E-state index in [1.165, 1.54) is 0 Å². The molecule has 1 aliphatic heterocycles. The summed E-state index contributed by atoms with van der Waals surface area (Å²) in [6.45, 7) is 5.27. The molecule has 0 radical (unpaired) electrons. The lowest BCUT2D eigenvalue weighted by atomic mass is 9.95. The van der Waals surface area contributed by atoms with Crippen molar-refractivity contribution in [3.63, 3.8) is 0 Å². The number of nitrogens with zero attached hydrogens (tertiary/aromatic N) is 3. The van der Waals surface area contributed by atoms with E-state index in [0.717, 1.165) is 18.5 Å². The Bertz CT molecular complexity index is 845. The average molecular weight is 357 g/mol. The molecule has 1 aromatic heterocycles. The number of amides is 1. The topological polar surface area (TPSA) is 104 Å². The Morgan fingerprint density at radius 2 is 2.08 bits per heavy atom. The van der Waals surface area contributed by atoms with Gasteiger partial charge in [-0.1, -0.05) is 5.21 Å². The Kier molecular flexibility index (Phi) is 4.07. The molecule has 1 amide bonds. The summed E-state index contributed by atoms with van der Waals surface area (Å²) in [7, 11) is 0. The van der Waals surface area contributed by atoms with Gasteiger partial charge >= 0.3 is 0 Å². The van der Waals surface area contributed by atoms with Crippen molar-refractivity contribution in [2.45, 2.75) is 32.2 Å². The van der Waals surface area contributed by atoms with Crippen LogP contribution in [-0.4, -0.2) is 46.2 Å². The number of fused-ring (bicyclic) bond motifs is 1. The lowest BCUT2D eigenvalue weighted by Gasteiger charge is -2.29. The quantitative estimate of drug-likeness (QED) is 0.833. The molecule has 0 bridgehead atoms. The van der Waals surface area contributed by atoms with E-state index in [9.17, 15) is 4.79 Å². The molecule has 1 aliphatic carbocycles. The molecule has 3 N–H and O–H groups in total. The Balaban J connectivity index is 1.59. The smallest absolute Gasteiger partial charge is 0.274 e. The number of ether oxygens (including phenoxy) is 2. The highest BCUT2D eigenvalue weighted by molar-refractivity contribution is 5.93. The Labute approximate surface area is 151 Å². The van der Waals surface area contributed by atoms with Crippen LogP contribution < -0.4 is 20.5 Å². The minimum atomic E-state index is -0.399. The molecule has 2 aliphatic rings. The minimum Gasteiger partial charge on any atom is -0.486 e. The second-order valence-electron chi connectivity index (χ2n) is 7.11. The summed E-state index contributed by atoms with van der Waals surface area (Å²) >= 11 is 0. The number of nitrogens with two attached hydrogens (primary N) is 1. The molecule has 0 spiro atoms. The van der Waals surface area contributed by atoms with E-state index in [-0.39, 0.29) is 5.91 Å². The number of aromatic nitrogens is 3. The highest BCUT2D eigenvalue weighted by atomic mass is 16.6. The molecule has 1 saturated carbocycles. The first-order chi connectivity index (χ1) is 12.5. The molecular formula is C18H23N5O3. The van der Waals surface area contributed by atoms with Crippen molar-refractivity contribution in [3.05, 3.63) is 29.6 Å². The SMILES string of the molecule is Cc1c(C(=O)NC(C)(CN)C2CC2)nnn1-c1ccc2c(c1)OCCO2. The largest absolute Gasteiger partial charge is 0.486 e. The Hall–Kier alpha value is -2.61. The van der Waals surface area contributed by atoms with Crippen molar-refractivity contribution in [3.8, 4) is 17.2 Å². The minimum absolute atomic E-state index is 0.244. The molecule has 138 valence electrons. The van der Waals surface area contributed by atoms with E-state index >= 15 is 0 Å². The van der Waals surface area contributed by atoms with Gasteiger partial charge in [0.1, 0.15) is 13.2 Å². The number of hydrogen-bond donors (Lipinski definition) is 2. The van der Waals surface area contributed by atoms with Crippen LogP contribution in [-0.2, 0) is 0 Å². The molecule has 1 fully saturated rings. The van der Waals surface area contributed by atoms with Crippen molar-refractivity contribution in [1.29, 1.82) is 0 Å². The molecule has 0 saturated heterocycles. The summed E-state index contributed by atoms with van der Waals surface area (Å²) in [5.74, 6) is 1.56. The molecule has 2 aromatic rings. The van der Waals surface area contributed by atoms with Gasteiger partial charge in [0.05, 0.1) is 16.9 Å². The van der Waals surface area contributed by atoms with E-state index in [1.807, 2.05) is 32.0 Å². The zero-order valence-electron chi connectivity index (χ0n) is 15.0. The third kappa shape index (κ3) is 2.90. The fourth-order valence-corrected chi connectivity index (χ4v) is 3.31. The van der Waals surface area contributed by atoms with Crippen LogP contribution in [0.25, 0.3) is 5.69 Å². The summed E-state index contributed by atoms with van der Waals surface area (Å²) < 4.78 is 12.8. The molecule has 2 heterocycles. The predicted molar refractivity (Wildman–Crippen MR) is 94.7 cm³/mol. The molecule has 1 unspecified atom stereocenters. The van der Waals surface area contributed by atoms with Gasteiger partial charge in [-0.2, -0.15) is 0 Å². The monoisotopic (exact) mass is 357 g/mol. The predicted octanol–water partition coefficient (Wildman–Crippen LogP) is 1.20. The second kappa shape index (κ2) is 6.28. The first-order valence-corrected chi connectivity index (χ1v) is 8.87. The van der Waals surface area contributed by atoms with Gasteiger partial charge in [-0.05, 0) is 44.7 Å². The lowest BCUT2D eigenvalue weighted by Crippen LogP contribution is -2.53. The van der Waals surface area contributed by atoms with E-state index in [0.29, 0.717) is 48.6 Å². The van der Waals surface area contributed by atoms with Crippen LogP contribution in [0.3, 0.4) is 0 Å². The van der Waals surface area contributed by atoms with Crippen LogP contribution in [0.15, 0.2) is 18.2 Å². The number of hydrogen-bond acceptors (Lipinski definition) is 6. The van der Waals surface area contributed by atoms with Crippen molar-refractivity contribution < 1.29 is 14.3 Å². The maximum atomic E-state index is 12.7. The van der Waals surface area contributed by atoms with Crippen LogP contribution >= 0.6 is 0 Å². The fraction of sp³-hybridized carbons (Fsp3) is 0.500. The summed E-state index contributed by atoms with van der Waals surface area (Å²) in [4.78, 5) is 12.7. The molecule has 1 atom stereocenters. The summed E-state index contributed by atoms with van der Waals surface area (Å²) in [5.41, 5.74) is 7.23. The molecule has 8 heteroatoms. The lowest BCUT2D eigenvalue weighted by molar-refractivity contribution is 0.0892. The van der Waals surface area contributed by atoms with E-state index in [2.05, 4.69) is 15.6 Å². The summed E-state index contributed by atoms with van der Waals surface area (Å²) in [5, 5.41) is 11.3. The Morgan fingerprint density at radius 1 is 1.35 bits per heavy atom. The van der Waals surface area contributed by atoms with E-state index in [1.54, 1.807) is 4.68 Å². The molecule has 26 heavy (non-hydrogen) atoms. The third-order valence-corrected chi connectivity index (χ3v) is 5.18. The van der Waals surface area contributed by atoms with Crippen LogP contribution in [0.1, 0.15) is 35.9 Å². The number of benzene rings is 1. The first-order valence-electron chi connectivity index (χ1n) is 8.87. The van der Waals surface area contributed by atoms with Crippen molar-refractivity contribution in [2.24, 2.45) is 11.7 Å². The number of carbonyl (C=O) groups excluding carboxylic acids is 1. The van der Waals surface area contributed by atoms with Gasteiger partial charge in [0.2, 0.25) is 0 Å². The number of carbonyl (C=O) groups is 1. The molecular weight excluding hydrogens is 334 g/mol. The highest BCUT2D eigenvalue weighted by Crippen LogP contribution is 2.39. The average Bonchev–Trinajstić information content (AvgIpc) is 3.44. The molecule has 8 nitrogen and oxygen atoms in total. The van der Waals surface area contributed by atoms with Gasteiger partial charge in [-0.25, -0.2) is 4.68 Å². The normalized spacial score (nSPS) is 18.3. The molecule has 4 rings (SSSR count). The number of nitrogens with one attached hydrogen (secondary N) is 1. The van der Waals surface area contributed by atoms with Crippen LogP contribution in [0, 0.1) is 12.8 Å². The van der Waals surface area contributed by atoms with E-state index in [4.69, 9.17) is 15.2 Å². The van der Waals surface area contributed by atoms with Gasteiger partial charge in [-0.3, -0.25) is 4.79 Å². The maximum Gasteiger partial charge on any atom is 0.274 e. The van der Waals surface area contributed by atoms with Crippen LogP contribution in [0.5, 0.6) is 11.5 Å². The Morgan fingerprint density at radius 3 is 2.77 bits per heavy atom. The zero-order chi connectivity index (χ0) is 18.3. The summed E-state index contributed by atoms with van der Waals surface area (Å²) in [6.07, 6.45) is 2.19. The van der Waals surface area contributed by atoms with Gasteiger partial charge in [-0.15, -0.1) is 5.10 Å². The highest BCUT2D eigenvalue weighted by Gasteiger charge is 2.42. The van der Waals surface area contributed by atoms with Gasteiger partial charge in [0.25, 0.3) is 5.91 Å². The summed E-state index contributed by atoms with van der Waals surface area (Å²) in [6, 6.07) is 5.54. The zero-order valence-corrected chi connectivity index (χ0v) is 15.0. The van der Waals surface area contributed by atoms with E-state index < -0.39 is 5.54 Å².